The fourth-order valence-corrected chi connectivity index (χ4v) is 2.14. The number of anilines is 1. The Morgan fingerprint density at radius 1 is 1.59 bits per heavy atom. The molecule has 0 aromatic carbocycles. The minimum Gasteiger partial charge on any atom is -0.378 e. The third kappa shape index (κ3) is 2.66. The zero-order chi connectivity index (χ0) is 12.4. The molecule has 0 saturated carbocycles. The molecule has 0 spiro atoms. The van der Waals surface area contributed by atoms with Gasteiger partial charge in [0, 0.05) is 26.1 Å². The monoisotopic (exact) mass is 300 g/mol. The normalized spacial score (nSPS) is 20.5. The van der Waals surface area contributed by atoms with E-state index in [0.717, 1.165) is 6.42 Å². The van der Waals surface area contributed by atoms with Gasteiger partial charge in [-0.1, -0.05) is 0 Å². The quantitative estimate of drug-likeness (QED) is 0.837. The van der Waals surface area contributed by atoms with Crippen molar-refractivity contribution in [3.63, 3.8) is 0 Å². The average Bonchev–Trinajstić information content (AvgIpc) is 2.30. The van der Waals surface area contributed by atoms with Crippen LogP contribution in [0.15, 0.2) is 15.5 Å². The molecule has 1 aromatic rings. The predicted molar refractivity (Wildman–Crippen MR) is 66.8 cm³/mol. The lowest BCUT2D eigenvalue weighted by Gasteiger charge is -2.30. The number of carbonyl (C=O) groups is 1. The summed E-state index contributed by atoms with van der Waals surface area (Å²) in [5.41, 5.74) is 0.386. The zero-order valence-corrected chi connectivity index (χ0v) is 11.0. The Labute approximate surface area is 107 Å². The first kappa shape index (κ1) is 12.1. The van der Waals surface area contributed by atoms with Gasteiger partial charge in [0.15, 0.2) is 0 Å². The fourth-order valence-electron chi connectivity index (χ4n) is 1.83. The molecule has 0 aliphatic carbocycles. The number of nitrogens with zero attached hydrogens (tertiary/aromatic N) is 2. The molecule has 17 heavy (non-hydrogen) atoms. The Balaban J connectivity index is 2.09. The third-order valence-electron chi connectivity index (χ3n) is 2.78. The van der Waals surface area contributed by atoms with Gasteiger partial charge in [-0.3, -0.25) is 9.59 Å². The molecule has 7 heteroatoms. The molecule has 6 nitrogen and oxygen atoms in total. The number of likely N-dealkylation sites (N-methyl/N-ethyl adjacent to an activating group) is 1. The Hall–Kier alpha value is -1.37. The summed E-state index contributed by atoms with van der Waals surface area (Å²) in [6.07, 6.45) is 2.85. The number of piperidine rings is 1. The Morgan fingerprint density at radius 2 is 2.35 bits per heavy atom. The Kier molecular flexibility index (Phi) is 3.46. The van der Waals surface area contributed by atoms with E-state index >= 15 is 0 Å². The molecule has 1 aliphatic rings. The predicted octanol–water partition coefficient (Wildman–Crippen LogP) is 0.565. The summed E-state index contributed by atoms with van der Waals surface area (Å²) in [6.45, 7) is 0.637. The van der Waals surface area contributed by atoms with E-state index in [9.17, 15) is 9.59 Å². The molecule has 2 rings (SSSR count). The number of carbonyl (C=O) groups excluding carboxylic acids is 1. The Morgan fingerprint density at radius 3 is 3.06 bits per heavy atom. The van der Waals surface area contributed by atoms with Gasteiger partial charge >= 0.3 is 0 Å². The van der Waals surface area contributed by atoms with Crippen LogP contribution in [0.1, 0.15) is 12.8 Å². The van der Waals surface area contributed by atoms with Gasteiger partial charge in [-0.2, -0.15) is 5.10 Å². The first-order valence-corrected chi connectivity index (χ1v) is 6.11. The maximum absolute atomic E-state index is 11.3. The molecule has 1 aromatic heterocycles. The molecule has 1 saturated heterocycles. The van der Waals surface area contributed by atoms with E-state index in [0.29, 0.717) is 23.1 Å². The summed E-state index contributed by atoms with van der Waals surface area (Å²) in [4.78, 5) is 24.4. The average molecular weight is 301 g/mol. The van der Waals surface area contributed by atoms with Crippen LogP contribution in [0.5, 0.6) is 0 Å². The zero-order valence-electron chi connectivity index (χ0n) is 9.36. The summed E-state index contributed by atoms with van der Waals surface area (Å²) in [6, 6.07) is 0.151. The van der Waals surface area contributed by atoms with Gasteiger partial charge in [-0.05, 0) is 22.4 Å². The van der Waals surface area contributed by atoms with E-state index in [1.54, 1.807) is 18.1 Å². The first-order valence-electron chi connectivity index (χ1n) is 5.31. The van der Waals surface area contributed by atoms with Gasteiger partial charge < -0.3 is 10.2 Å². The van der Waals surface area contributed by atoms with Crippen molar-refractivity contribution in [1.29, 1.82) is 0 Å². The lowest BCUT2D eigenvalue weighted by molar-refractivity contribution is -0.132. The van der Waals surface area contributed by atoms with Crippen molar-refractivity contribution in [2.45, 2.75) is 18.9 Å². The van der Waals surface area contributed by atoms with Gasteiger partial charge in [-0.15, -0.1) is 0 Å². The first-order chi connectivity index (χ1) is 8.08. The largest absolute Gasteiger partial charge is 0.378 e. The second-order valence-corrected chi connectivity index (χ2v) is 4.87. The van der Waals surface area contributed by atoms with Crippen LogP contribution in [0.25, 0.3) is 0 Å². The molecular weight excluding hydrogens is 288 g/mol. The van der Waals surface area contributed by atoms with Crippen LogP contribution >= 0.6 is 15.9 Å². The summed E-state index contributed by atoms with van der Waals surface area (Å²) in [5, 5.41) is 9.29. The molecule has 92 valence electrons. The highest BCUT2D eigenvalue weighted by Crippen LogP contribution is 2.20. The minimum atomic E-state index is -0.268. The van der Waals surface area contributed by atoms with Crippen LogP contribution in [0.2, 0.25) is 0 Å². The summed E-state index contributed by atoms with van der Waals surface area (Å²) >= 11 is 3.21. The topological polar surface area (TPSA) is 78.1 Å². The molecule has 2 heterocycles. The van der Waals surface area contributed by atoms with Crippen molar-refractivity contribution < 1.29 is 4.79 Å². The van der Waals surface area contributed by atoms with Crippen LogP contribution in [0, 0.1) is 0 Å². The number of nitrogens with one attached hydrogen (secondary N) is 2. The van der Waals surface area contributed by atoms with Crippen molar-refractivity contribution in [3.05, 3.63) is 21.0 Å². The SMILES string of the molecule is CN1CC(Nc2cn[nH]c(=O)c2Br)CCC1=O. The second kappa shape index (κ2) is 4.87. The molecular formula is C10H13BrN4O2. The molecule has 1 fully saturated rings. The summed E-state index contributed by atoms with van der Waals surface area (Å²) < 4.78 is 0.437. The van der Waals surface area contributed by atoms with Crippen molar-refractivity contribution >= 4 is 27.5 Å². The number of hydrogen-bond acceptors (Lipinski definition) is 4. The molecule has 0 bridgehead atoms. The highest BCUT2D eigenvalue weighted by Gasteiger charge is 2.23. The highest BCUT2D eigenvalue weighted by molar-refractivity contribution is 9.10. The summed E-state index contributed by atoms with van der Waals surface area (Å²) in [7, 11) is 1.78. The molecule has 2 N–H and O–H groups in total. The van der Waals surface area contributed by atoms with Gasteiger partial charge in [0.05, 0.1) is 11.9 Å². The number of aromatic amines is 1. The van der Waals surface area contributed by atoms with Gasteiger partial charge in [0.1, 0.15) is 4.47 Å². The number of likely N-dealkylation sites (tertiary alicyclic amines) is 1. The number of rotatable bonds is 2. The van der Waals surface area contributed by atoms with E-state index in [1.807, 2.05) is 0 Å². The van der Waals surface area contributed by atoms with E-state index in [-0.39, 0.29) is 17.5 Å². The molecule has 1 atom stereocenters. The van der Waals surface area contributed by atoms with E-state index in [2.05, 4.69) is 31.4 Å². The number of halogens is 1. The van der Waals surface area contributed by atoms with E-state index < -0.39 is 0 Å². The summed E-state index contributed by atoms with van der Waals surface area (Å²) in [5.74, 6) is 0.158. The van der Waals surface area contributed by atoms with Crippen molar-refractivity contribution in [2.75, 3.05) is 18.9 Å². The third-order valence-corrected chi connectivity index (χ3v) is 3.57. The van der Waals surface area contributed by atoms with E-state index in [1.165, 1.54) is 0 Å². The van der Waals surface area contributed by atoms with Crippen LogP contribution in [0.3, 0.4) is 0 Å². The second-order valence-electron chi connectivity index (χ2n) is 4.08. The van der Waals surface area contributed by atoms with E-state index in [4.69, 9.17) is 0 Å². The van der Waals surface area contributed by atoms with Gasteiger partial charge in [0.2, 0.25) is 5.91 Å². The standard InChI is InChI=1S/C10H13BrN4O2/c1-15-5-6(2-3-8(15)16)13-7-4-12-14-10(17)9(7)11/h4,6H,2-3,5H2,1H3,(H2,13,14,17). The molecule has 1 aliphatic heterocycles. The van der Waals surface area contributed by atoms with Crippen LogP contribution in [0.4, 0.5) is 5.69 Å². The van der Waals surface area contributed by atoms with Crippen LogP contribution in [-0.2, 0) is 4.79 Å². The number of amides is 1. The maximum Gasteiger partial charge on any atom is 0.280 e. The van der Waals surface area contributed by atoms with Crippen molar-refractivity contribution in [2.24, 2.45) is 0 Å². The number of hydrogen-bond donors (Lipinski definition) is 2. The van der Waals surface area contributed by atoms with Crippen molar-refractivity contribution in [1.82, 2.24) is 15.1 Å². The lowest BCUT2D eigenvalue weighted by atomic mass is 10.1. The maximum atomic E-state index is 11.3. The van der Waals surface area contributed by atoms with Crippen molar-refractivity contribution in [3.8, 4) is 0 Å². The van der Waals surface area contributed by atoms with Crippen LogP contribution < -0.4 is 10.9 Å². The lowest BCUT2D eigenvalue weighted by Crippen LogP contribution is -2.43. The number of H-pyrrole nitrogens is 1. The Bertz CT molecular complexity index is 487. The smallest absolute Gasteiger partial charge is 0.280 e. The van der Waals surface area contributed by atoms with Gasteiger partial charge in [0.25, 0.3) is 5.56 Å². The highest BCUT2D eigenvalue weighted by atomic mass is 79.9. The molecule has 1 unspecified atom stereocenters. The number of aromatic nitrogens is 2. The van der Waals surface area contributed by atoms with Crippen LogP contribution in [-0.4, -0.2) is 40.6 Å². The minimum absolute atomic E-state index is 0.151. The van der Waals surface area contributed by atoms with Gasteiger partial charge in [-0.25, -0.2) is 5.10 Å². The molecule has 0 radical (unpaired) electrons. The fraction of sp³-hybridized carbons (Fsp3) is 0.500. The molecule has 1 amide bonds.